The molecule has 9 heteroatoms. The van der Waals surface area contributed by atoms with Crippen LogP contribution in [0.15, 0.2) is 79.1 Å². The van der Waals surface area contributed by atoms with Crippen LogP contribution in [0.3, 0.4) is 0 Å². The molecule has 0 amide bonds. The van der Waals surface area contributed by atoms with Gasteiger partial charge in [0, 0.05) is 29.3 Å². The lowest BCUT2D eigenvalue weighted by atomic mass is 10.1. The van der Waals surface area contributed by atoms with Gasteiger partial charge in [-0.25, -0.2) is 4.98 Å². The van der Waals surface area contributed by atoms with Crippen LogP contribution >= 0.6 is 0 Å². The van der Waals surface area contributed by atoms with Crippen molar-refractivity contribution in [2.75, 3.05) is 5.32 Å². The van der Waals surface area contributed by atoms with Gasteiger partial charge in [-0.15, -0.1) is 0 Å². The summed E-state index contributed by atoms with van der Waals surface area (Å²) in [6.07, 6.45) is -1.18. The second-order valence-corrected chi connectivity index (χ2v) is 7.06. The van der Waals surface area contributed by atoms with Crippen molar-refractivity contribution >= 4 is 22.4 Å². The molecule has 3 aromatic heterocycles. The fourth-order valence-corrected chi connectivity index (χ4v) is 3.29. The summed E-state index contributed by atoms with van der Waals surface area (Å²) in [4.78, 5) is 11.6. The zero-order valence-electron chi connectivity index (χ0n) is 16.4. The molecule has 0 radical (unpaired) electrons. The third kappa shape index (κ3) is 4.00. The molecule has 158 valence electrons. The largest absolute Gasteiger partial charge is 0.416 e. The highest BCUT2D eigenvalue weighted by atomic mass is 19.4. The van der Waals surface area contributed by atoms with Crippen LogP contribution in [-0.4, -0.2) is 25.1 Å². The Hall–Kier alpha value is -4.27. The summed E-state index contributed by atoms with van der Waals surface area (Å²) in [5.74, 6) is 0.390. The molecule has 0 saturated heterocycles. The number of hydrogen-bond donors (Lipinski definition) is 2. The molecule has 32 heavy (non-hydrogen) atoms. The first-order valence-electron chi connectivity index (χ1n) is 9.64. The Labute approximate surface area is 180 Å². The standard InChI is InChI=1S/C23H15F3N6/c24-23(25,26)15-5-8-19-20(12-15)31-22(30-19)21-13-17(9-11-27-21)29-16-6-3-14(4-7-16)18-2-1-10-28-32-18/h1-13H,(H,27,29)(H,30,31). The molecule has 2 aromatic carbocycles. The van der Waals surface area contributed by atoms with E-state index in [-0.39, 0.29) is 0 Å². The monoisotopic (exact) mass is 432 g/mol. The van der Waals surface area contributed by atoms with Crippen LogP contribution in [-0.2, 0) is 6.18 Å². The first-order chi connectivity index (χ1) is 15.5. The number of rotatable bonds is 4. The topological polar surface area (TPSA) is 79.4 Å². The van der Waals surface area contributed by atoms with Crippen molar-refractivity contribution < 1.29 is 13.2 Å². The number of H-pyrrole nitrogens is 1. The number of halogens is 3. The summed E-state index contributed by atoms with van der Waals surface area (Å²) >= 11 is 0. The van der Waals surface area contributed by atoms with Crippen LogP contribution in [0.1, 0.15) is 5.56 Å². The maximum absolute atomic E-state index is 13.0. The van der Waals surface area contributed by atoms with E-state index in [1.807, 2.05) is 36.4 Å². The molecule has 0 atom stereocenters. The number of nitrogens with one attached hydrogen (secondary N) is 2. The SMILES string of the molecule is FC(F)(F)c1ccc2nc(-c3cc(Nc4ccc(-c5cccnn5)cc4)ccn3)[nH]c2c1. The third-order valence-corrected chi connectivity index (χ3v) is 4.85. The van der Waals surface area contributed by atoms with Gasteiger partial charge in [0.2, 0.25) is 0 Å². The van der Waals surface area contributed by atoms with E-state index in [1.54, 1.807) is 24.5 Å². The van der Waals surface area contributed by atoms with Gasteiger partial charge < -0.3 is 10.3 Å². The Morgan fingerprint density at radius 1 is 0.812 bits per heavy atom. The maximum Gasteiger partial charge on any atom is 0.416 e. The number of aromatic amines is 1. The van der Waals surface area contributed by atoms with E-state index < -0.39 is 11.7 Å². The van der Waals surface area contributed by atoms with Gasteiger partial charge in [0.05, 0.1) is 22.3 Å². The molecular formula is C23H15F3N6. The molecular weight excluding hydrogens is 417 g/mol. The second kappa shape index (κ2) is 7.77. The zero-order chi connectivity index (χ0) is 22.1. The molecule has 0 aliphatic carbocycles. The van der Waals surface area contributed by atoms with Crippen molar-refractivity contribution in [2.45, 2.75) is 6.18 Å². The van der Waals surface area contributed by atoms with Crippen LogP contribution in [0, 0.1) is 0 Å². The number of benzene rings is 2. The van der Waals surface area contributed by atoms with Gasteiger partial charge in [-0.1, -0.05) is 12.1 Å². The van der Waals surface area contributed by atoms with Crippen LogP contribution in [0.25, 0.3) is 33.8 Å². The predicted molar refractivity (Wildman–Crippen MR) is 115 cm³/mol. The summed E-state index contributed by atoms with van der Waals surface area (Å²) in [5.41, 5.74) is 3.86. The molecule has 0 spiro atoms. The molecule has 3 heterocycles. The van der Waals surface area contributed by atoms with Gasteiger partial charge in [0.15, 0.2) is 5.82 Å². The average molecular weight is 432 g/mol. The van der Waals surface area contributed by atoms with E-state index in [9.17, 15) is 13.2 Å². The lowest BCUT2D eigenvalue weighted by Crippen LogP contribution is -2.04. The van der Waals surface area contributed by atoms with Crippen LogP contribution in [0.4, 0.5) is 24.5 Å². The minimum atomic E-state index is -4.41. The van der Waals surface area contributed by atoms with Crippen LogP contribution < -0.4 is 5.32 Å². The highest BCUT2D eigenvalue weighted by Gasteiger charge is 2.30. The Kier molecular flexibility index (Phi) is 4.78. The zero-order valence-corrected chi connectivity index (χ0v) is 16.4. The molecule has 2 N–H and O–H groups in total. The van der Waals surface area contributed by atoms with Gasteiger partial charge in [-0.3, -0.25) is 4.98 Å². The molecule has 0 saturated carbocycles. The number of aromatic nitrogens is 5. The van der Waals surface area contributed by atoms with Gasteiger partial charge >= 0.3 is 6.18 Å². The summed E-state index contributed by atoms with van der Waals surface area (Å²) in [5, 5.41) is 11.3. The predicted octanol–water partition coefficient (Wildman–Crippen LogP) is 5.84. The maximum atomic E-state index is 13.0. The molecule has 6 nitrogen and oxygen atoms in total. The lowest BCUT2D eigenvalue weighted by molar-refractivity contribution is -0.137. The summed E-state index contributed by atoms with van der Waals surface area (Å²) in [6.45, 7) is 0. The molecule has 0 unspecified atom stereocenters. The van der Waals surface area contributed by atoms with E-state index in [0.717, 1.165) is 34.8 Å². The van der Waals surface area contributed by atoms with Crippen molar-refractivity contribution in [3.05, 3.63) is 84.7 Å². The number of pyridine rings is 1. The van der Waals surface area contributed by atoms with Gasteiger partial charge in [-0.2, -0.15) is 23.4 Å². The highest BCUT2D eigenvalue weighted by molar-refractivity contribution is 5.80. The smallest absolute Gasteiger partial charge is 0.355 e. The summed E-state index contributed by atoms with van der Waals surface area (Å²) in [7, 11) is 0. The quantitative estimate of drug-likeness (QED) is 0.373. The van der Waals surface area contributed by atoms with Crippen LogP contribution in [0.2, 0.25) is 0 Å². The van der Waals surface area contributed by atoms with Crippen molar-refractivity contribution in [1.82, 2.24) is 25.1 Å². The number of imidazole rings is 1. The van der Waals surface area contributed by atoms with Crippen LogP contribution in [0.5, 0.6) is 0 Å². The van der Waals surface area contributed by atoms with Crippen molar-refractivity contribution in [3.8, 4) is 22.8 Å². The fraction of sp³-hybridized carbons (Fsp3) is 0.0435. The molecule has 0 fully saturated rings. The van der Waals surface area contributed by atoms with Crippen molar-refractivity contribution in [3.63, 3.8) is 0 Å². The molecule has 5 aromatic rings. The Morgan fingerprint density at radius 2 is 1.66 bits per heavy atom. The fourth-order valence-electron chi connectivity index (χ4n) is 3.29. The van der Waals surface area contributed by atoms with E-state index in [1.165, 1.54) is 6.07 Å². The molecule has 0 bridgehead atoms. The Morgan fingerprint density at radius 3 is 2.41 bits per heavy atom. The van der Waals surface area contributed by atoms with Gasteiger partial charge in [0.25, 0.3) is 0 Å². The minimum Gasteiger partial charge on any atom is -0.355 e. The van der Waals surface area contributed by atoms with E-state index in [0.29, 0.717) is 22.6 Å². The number of alkyl halides is 3. The first-order valence-corrected chi connectivity index (χ1v) is 9.64. The second-order valence-electron chi connectivity index (χ2n) is 7.06. The van der Waals surface area contributed by atoms with E-state index in [4.69, 9.17) is 0 Å². The Bertz CT molecular complexity index is 1380. The van der Waals surface area contributed by atoms with Gasteiger partial charge in [0.1, 0.15) is 5.69 Å². The van der Waals surface area contributed by atoms with E-state index in [2.05, 4.69) is 30.5 Å². The average Bonchev–Trinajstić information content (AvgIpc) is 3.23. The minimum absolute atomic E-state index is 0.301. The number of fused-ring (bicyclic) bond motifs is 1. The third-order valence-electron chi connectivity index (χ3n) is 4.85. The van der Waals surface area contributed by atoms with Crippen molar-refractivity contribution in [1.29, 1.82) is 0 Å². The van der Waals surface area contributed by atoms with Crippen molar-refractivity contribution in [2.24, 2.45) is 0 Å². The lowest BCUT2D eigenvalue weighted by Gasteiger charge is -2.08. The highest BCUT2D eigenvalue weighted by Crippen LogP contribution is 2.32. The molecule has 0 aliphatic heterocycles. The number of nitrogens with zero attached hydrogens (tertiary/aromatic N) is 4. The number of anilines is 2. The first kappa shape index (κ1) is 19.7. The Balaban J connectivity index is 1.39. The van der Waals surface area contributed by atoms with E-state index >= 15 is 0 Å². The molecule has 0 aliphatic rings. The summed E-state index contributed by atoms with van der Waals surface area (Å²) in [6, 6.07) is 18.4. The number of hydrogen-bond acceptors (Lipinski definition) is 5. The molecule has 5 rings (SSSR count). The van der Waals surface area contributed by atoms with Gasteiger partial charge in [-0.05, 0) is 54.6 Å². The normalized spacial score (nSPS) is 11.6. The summed E-state index contributed by atoms with van der Waals surface area (Å²) < 4.78 is 38.9.